The Morgan fingerprint density at radius 3 is 2.38 bits per heavy atom. The lowest BCUT2D eigenvalue weighted by atomic mass is 9.75. The normalized spacial score (nSPS) is 30.7. The average molecular weight is 445 g/mol. The van der Waals surface area contributed by atoms with Gasteiger partial charge in [-0.05, 0) is 66.9 Å². The molecule has 1 aliphatic heterocycles. The van der Waals surface area contributed by atoms with Gasteiger partial charge in [0, 0.05) is 11.1 Å². The minimum absolute atomic E-state index is 0.0660. The van der Waals surface area contributed by atoms with Crippen LogP contribution in [-0.2, 0) is 16.2 Å². The number of fused-ring (bicyclic) bond motifs is 3. The van der Waals surface area contributed by atoms with Crippen LogP contribution in [0.1, 0.15) is 86.5 Å². The van der Waals surface area contributed by atoms with Crippen LogP contribution >= 0.6 is 0 Å². The van der Waals surface area contributed by atoms with Gasteiger partial charge in [-0.3, -0.25) is 0 Å². The van der Waals surface area contributed by atoms with E-state index in [4.69, 9.17) is 4.74 Å². The highest BCUT2D eigenvalue weighted by Crippen LogP contribution is 2.67. The van der Waals surface area contributed by atoms with Crippen molar-refractivity contribution in [3.8, 4) is 0 Å². The van der Waals surface area contributed by atoms with Gasteiger partial charge >= 0.3 is 0 Å². The van der Waals surface area contributed by atoms with E-state index in [0.717, 1.165) is 36.5 Å². The number of alkyl halides is 1. The molecule has 170 valence electrons. The first-order valence-corrected chi connectivity index (χ1v) is 11.8. The molecule has 32 heavy (non-hydrogen) atoms. The molecule has 0 aromatic heterocycles. The maximum Gasteiger partial charge on any atom is 0.274 e. The molecule has 1 saturated carbocycles. The summed E-state index contributed by atoms with van der Waals surface area (Å²) in [7, 11) is 0. The van der Waals surface area contributed by atoms with Crippen LogP contribution in [0.2, 0.25) is 0 Å². The first-order chi connectivity index (χ1) is 15.4. The Hall–Kier alpha value is -2.14. The van der Waals surface area contributed by atoms with Gasteiger partial charge < -0.3 is 4.74 Å². The minimum atomic E-state index is -2.21. The van der Waals surface area contributed by atoms with Crippen molar-refractivity contribution in [2.75, 3.05) is 0 Å². The van der Waals surface area contributed by atoms with Crippen molar-refractivity contribution in [3.63, 3.8) is 0 Å². The number of hydrogen-bond donors (Lipinski definition) is 0. The van der Waals surface area contributed by atoms with Gasteiger partial charge in [0.2, 0.25) is 0 Å². The summed E-state index contributed by atoms with van der Waals surface area (Å²) in [5.74, 6) is -5.19. The monoisotopic (exact) mass is 444 g/mol. The number of unbranched alkanes of at least 4 members (excludes halogenated alkanes) is 2. The largest absolute Gasteiger partial charge is 0.317 e. The molecule has 2 unspecified atom stereocenters. The second-order valence-corrected chi connectivity index (χ2v) is 9.58. The Balaban J connectivity index is 1.34. The molecule has 2 fully saturated rings. The zero-order valence-corrected chi connectivity index (χ0v) is 18.3. The van der Waals surface area contributed by atoms with E-state index >= 15 is 4.39 Å². The SMILES string of the molecule is CCCCCC1CCC(c2ccc3c(c2)C=CC2(c4cc(F)c(F)c(F)c4)OC32F)CC1. The quantitative estimate of drug-likeness (QED) is 0.190. The third kappa shape index (κ3) is 3.40. The standard InChI is InChI=1S/C27H28F4O/c1-2-3-4-5-17-6-8-18(9-7-17)19-10-11-22-20(14-19)12-13-26(27(22,31)32-26)21-15-23(28)25(30)24(29)16-21/h10-18H,2-9H2,1H3. The van der Waals surface area contributed by atoms with E-state index in [1.807, 2.05) is 12.1 Å². The predicted octanol–water partition coefficient (Wildman–Crippen LogP) is 8.03. The van der Waals surface area contributed by atoms with E-state index in [1.54, 1.807) is 12.1 Å². The van der Waals surface area contributed by atoms with Gasteiger partial charge in [-0.1, -0.05) is 56.9 Å². The van der Waals surface area contributed by atoms with Crippen LogP contribution in [0.4, 0.5) is 17.6 Å². The lowest BCUT2D eigenvalue weighted by Gasteiger charge is -2.29. The Labute approximate surface area is 186 Å². The summed E-state index contributed by atoms with van der Waals surface area (Å²) in [5.41, 5.74) is 0.598. The van der Waals surface area contributed by atoms with E-state index in [0.29, 0.717) is 11.5 Å². The first kappa shape index (κ1) is 21.7. The molecule has 2 aromatic rings. The van der Waals surface area contributed by atoms with Crippen molar-refractivity contribution < 1.29 is 22.3 Å². The van der Waals surface area contributed by atoms with Crippen LogP contribution in [0.25, 0.3) is 6.08 Å². The molecule has 3 aliphatic rings. The lowest BCUT2D eigenvalue weighted by Crippen LogP contribution is -2.21. The maximum atomic E-state index is 15.8. The molecule has 2 atom stereocenters. The Morgan fingerprint density at radius 2 is 1.69 bits per heavy atom. The average Bonchev–Trinajstić information content (AvgIpc) is 3.45. The molecule has 1 saturated heterocycles. The van der Waals surface area contributed by atoms with Gasteiger partial charge in [-0.2, -0.15) is 0 Å². The first-order valence-electron chi connectivity index (χ1n) is 11.8. The highest BCUT2D eigenvalue weighted by atomic mass is 19.2. The van der Waals surface area contributed by atoms with Crippen LogP contribution in [0.15, 0.2) is 36.4 Å². The van der Waals surface area contributed by atoms with E-state index < -0.39 is 28.9 Å². The summed E-state index contributed by atoms with van der Waals surface area (Å²) in [5, 5.41) is 0. The van der Waals surface area contributed by atoms with Crippen molar-refractivity contribution in [1.29, 1.82) is 0 Å². The highest BCUT2D eigenvalue weighted by Gasteiger charge is 2.74. The molecule has 1 heterocycles. The van der Waals surface area contributed by atoms with Crippen molar-refractivity contribution in [1.82, 2.24) is 0 Å². The fourth-order valence-electron chi connectivity index (χ4n) is 5.64. The van der Waals surface area contributed by atoms with Crippen molar-refractivity contribution >= 4 is 6.08 Å². The third-order valence-electron chi connectivity index (χ3n) is 7.60. The number of halogens is 4. The van der Waals surface area contributed by atoms with Crippen molar-refractivity contribution in [2.24, 2.45) is 5.92 Å². The second-order valence-electron chi connectivity index (χ2n) is 9.58. The fourth-order valence-corrected chi connectivity index (χ4v) is 5.64. The van der Waals surface area contributed by atoms with Gasteiger partial charge in [0.1, 0.15) is 0 Å². The fraction of sp³-hybridized carbons (Fsp3) is 0.481. The Morgan fingerprint density at radius 1 is 0.969 bits per heavy atom. The van der Waals surface area contributed by atoms with Gasteiger partial charge in [-0.25, -0.2) is 17.6 Å². The smallest absolute Gasteiger partial charge is 0.274 e. The van der Waals surface area contributed by atoms with Crippen LogP contribution in [0.5, 0.6) is 0 Å². The number of epoxide rings is 1. The zero-order valence-electron chi connectivity index (χ0n) is 18.3. The summed E-state index contributed by atoms with van der Waals surface area (Å²) in [6.45, 7) is 2.23. The molecule has 0 spiro atoms. The number of benzene rings is 2. The molecule has 5 heteroatoms. The van der Waals surface area contributed by atoms with Gasteiger partial charge in [0.15, 0.2) is 23.1 Å². The molecule has 0 amide bonds. The van der Waals surface area contributed by atoms with Crippen LogP contribution in [-0.4, -0.2) is 0 Å². The van der Waals surface area contributed by atoms with Crippen molar-refractivity contribution in [2.45, 2.75) is 75.7 Å². The number of hydrogen-bond acceptors (Lipinski definition) is 1. The molecular formula is C27H28F4O. The molecule has 2 aromatic carbocycles. The molecular weight excluding hydrogens is 416 g/mol. The van der Waals surface area contributed by atoms with Gasteiger partial charge in [0.25, 0.3) is 5.85 Å². The summed E-state index contributed by atoms with van der Waals surface area (Å²) in [4.78, 5) is 0. The highest BCUT2D eigenvalue weighted by molar-refractivity contribution is 5.66. The predicted molar refractivity (Wildman–Crippen MR) is 116 cm³/mol. The Bertz CT molecular complexity index is 1030. The molecule has 1 nitrogen and oxygen atoms in total. The van der Waals surface area contributed by atoms with E-state index in [2.05, 4.69) is 6.92 Å². The summed E-state index contributed by atoms with van der Waals surface area (Å²) in [6, 6.07) is 7.33. The minimum Gasteiger partial charge on any atom is -0.317 e. The summed E-state index contributed by atoms with van der Waals surface area (Å²) >= 11 is 0. The summed E-state index contributed by atoms with van der Waals surface area (Å²) < 4.78 is 62.1. The maximum absolute atomic E-state index is 15.8. The number of ether oxygens (including phenoxy) is 1. The molecule has 5 rings (SSSR count). The number of rotatable bonds is 6. The van der Waals surface area contributed by atoms with Crippen LogP contribution in [0, 0.1) is 23.4 Å². The lowest BCUT2D eigenvalue weighted by molar-refractivity contribution is 0.140. The topological polar surface area (TPSA) is 12.5 Å². The van der Waals surface area contributed by atoms with E-state index in [1.165, 1.54) is 50.2 Å². The van der Waals surface area contributed by atoms with Crippen LogP contribution in [0.3, 0.4) is 0 Å². The molecule has 2 aliphatic carbocycles. The molecule has 0 radical (unpaired) electrons. The summed E-state index contributed by atoms with van der Waals surface area (Å²) in [6.07, 6.45) is 13.2. The van der Waals surface area contributed by atoms with Gasteiger partial charge in [0.05, 0.1) is 0 Å². The van der Waals surface area contributed by atoms with Crippen molar-refractivity contribution in [3.05, 3.63) is 76.1 Å². The van der Waals surface area contributed by atoms with Crippen LogP contribution < -0.4 is 0 Å². The Kier molecular flexibility index (Phi) is 5.43. The van der Waals surface area contributed by atoms with E-state index in [-0.39, 0.29) is 5.56 Å². The van der Waals surface area contributed by atoms with Gasteiger partial charge in [-0.15, -0.1) is 0 Å². The second kappa shape index (κ2) is 8.02. The molecule has 0 bridgehead atoms. The zero-order chi connectivity index (χ0) is 22.5. The third-order valence-corrected chi connectivity index (χ3v) is 7.60. The van der Waals surface area contributed by atoms with E-state index in [9.17, 15) is 13.2 Å². The molecule has 0 N–H and O–H groups in total.